The highest BCUT2D eigenvalue weighted by molar-refractivity contribution is 6.01. The molecule has 1 saturated carbocycles. The van der Waals surface area contributed by atoms with Gasteiger partial charge in [0, 0.05) is 0 Å². The van der Waals surface area contributed by atoms with E-state index in [4.69, 9.17) is 14.9 Å². The highest BCUT2D eigenvalue weighted by Gasteiger charge is 2.19. The van der Waals surface area contributed by atoms with Crippen LogP contribution >= 0.6 is 0 Å². The van der Waals surface area contributed by atoms with Crippen LogP contribution in [0.4, 0.5) is 0 Å². The van der Waals surface area contributed by atoms with Crippen molar-refractivity contribution in [2.45, 2.75) is 38.2 Å². The van der Waals surface area contributed by atoms with Gasteiger partial charge in [0.05, 0.1) is 17.2 Å². The van der Waals surface area contributed by atoms with Gasteiger partial charge in [0.2, 0.25) is 0 Å². The average Bonchev–Trinajstić information content (AvgIpc) is 2.39. The van der Waals surface area contributed by atoms with Gasteiger partial charge in [-0.2, -0.15) is 0 Å². The average molecular weight is 264 g/mol. The molecule has 0 amide bonds. The van der Waals surface area contributed by atoms with Crippen LogP contribution in [0.3, 0.4) is 0 Å². The van der Waals surface area contributed by atoms with Crippen molar-refractivity contribution >= 4 is 11.9 Å². The molecule has 19 heavy (non-hydrogen) atoms. The second kappa shape index (κ2) is 5.73. The molecule has 0 aromatic heterocycles. The van der Waals surface area contributed by atoms with E-state index in [-0.39, 0.29) is 17.2 Å². The van der Waals surface area contributed by atoms with Crippen molar-refractivity contribution in [3.8, 4) is 5.75 Å². The zero-order chi connectivity index (χ0) is 13.8. The standard InChI is InChI=1S/C14H16O5/c15-13(16)11-7-6-10(8-12(11)14(17)18)19-9-4-2-1-3-5-9/h6-9H,1-5H2,(H,15,16)(H,17,18). The number of benzene rings is 1. The summed E-state index contributed by atoms with van der Waals surface area (Å²) >= 11 is 0. The second-order valence-corrected chi connectivity index (χ2v) is 4.70. The Morgan fingerprint density at radius 2 is 1.63 bits per heavy atom. The molecular formula is C14H16O5. The predicted octanol–water partition coefficient (Wildman–Crippen LogP) is 2.79. The van der Waals surface area contributed by atoms with Crippen molar-refractivity contribution in [3.63, 3.8) is 0 Å². The maximum atomic E-state index is 11.1. The zero-order valence-electron chi connectivity index (χ0n) is 10.5. The number of carbonyl (C=O) groups is 2. The zero-order valence-corrected chi connectivity index (χ0v) is 10.5. The van der Waals surface area contributed by atoms with Gasteiger partial charge in [-0.05, 0) is 43.9 Å². The summed E-state index contributed by atoms with van der Waals surface area (Å²) in [5.41, 5.74) is -0.454. The first-order valence-corrected chi connectivity index (χ1v) is 6.35. The van der Waals surface area contributed by atoms with E-state index in [1.807, 2.05) is 0 Å². The molecule has 0 saturated heterocycles. The van der Waals surface area contributed by atoms with Gasteiger partial charge in [0.15, 0.2) is 0 Å². The Labute approximate surface area is 110 Å². The smallest absolute Gasteiger partial charge is 0.336 e. The van der Waals surface area contributed by atoms with E-state index in [2.05, 4.69) is 0 Å². The van der Waals surface area contributed by atoms with Gasteiger partial charge >= 0.3 is 11.9 Å². The molecule has 2 N–H and O–H groups in total. The van der Waals surface area contributed by atoms with Crippen molar-refractivity contribution in [1.29, 1.82) is 0 Å². The Kier molecular flexibility index (Phi) is 4.04. The summed E-state index contributed by atoms with van der Waals surface area (Å²) in [5.74, 6) is -2.08. The molecule has 5 heteroatoms. The fourth-order valence-corrected chi connectivity index (χ4v) is 2.34. The third-order valence-electron chi connectivity index (χ3n) is 3.31. The van der Waals surface area contributed by atoms with E-state index in [9.17, 15) is 9.59 Å². The van der Waals surface area contributed by atoms with Crippen LogP contribution in [-0.2, 0) is 0 Å². The first kappa shape index (κ1) is 13.4. The molecule has 1 fully saturated rings. The van der Waals surface area contributed by atoms with E-state index in [0.717, 1.165) is 25.7 Å². The van der Waals surface area contributed by atoms with E-state index in [1.165, 1.54) is 24.6 Å². The molecule has 0 heterocycles. The third kappa shape index (κ3) is 3.24. The first-order valence-electron chi connectivity index (χ1n) is 6.35. The normalized spacial score (nSPS) is 16.0. The van der Waals surface area contributed by atoms with Crippen LogP contribution in [0.1, 0.15) is 52.8 Å². The molecule has 5 nitrogen and oxygen atoms in total. The summed E-state index contributed by atoms with van der Waals surface area (Å²) in [7, 11) is 0. The minimum atomic E-state index is -1.26. The Balaban J connectivity index is 2.20. The molecule has 0 aliphatic heterocycles. The van der Waals surface area contributed by atoms with Gasteiger partial charge in [0.1, 0.15) is 5.75 Å². The molecule has 102 valence electrons. The summed E-state index contributed by atoms with van der Waals surface area (Å²) in [5, 5.41) is 17.9. The monoisotopic (exact) mass is 264 g/mol. The topological polar surface area (TPSA) is 83.8 Å². The third-order valence-corrected chi connectivity index (χ3v) is 3.31. The van der Waals surface area contributed by atoms with E-state index >= 15 is 0 Å². The van der Waals surface area contributed by atoms with Gasteiger partial charge in [-0.25, -0.2) is 9.59 Å². The highest BCUT2D eigenvalue weighted by atomic mass is 16.5. The minimum absolute atomic E-state index is 0.103. The summed E-state index contributed by atoms with van der Waals surface area (Å²) in [6.07, 6.45) is 5.46. The minimum Gasteiger partial charge on any atom is -0.490 e. The van der Waals surface area contributed by atoms with Crippen molar-refractivity contribution in [1.82, 2.24) is 0 Å². The van der Waals surface area contributed by atoms with Gasteiger partial charge in [0.25, 0.3) is 0 Å². The number of hydrogen-bond donors (Lipinski definition) is 2. The molecule has 2 rings (SSSR count). The van der Waals surface area contributed by atoms with Gasteiger partial charge < -0.3 is 14.9 Å². The molecule has 1 aromatic rings. The van der Waals surface area contributed by atoms with E-state index < -0.39 is 11.9 Å². The molecule has 0 unspecified atom stereocenters. The second-order valence-electron chi connectivity index (χ2n) is 4.70. The molecule has 0 atom stereocenters. The number of ether oxygens (including phenoxy) is 1. The van der Waals surface area contributed by atoms with Crippen molar-refractivity contribution in [2.24, 2.45) is 0 Å². The summed E-state index contributed by atoms with van der Waals surface area (Å²) < 4.78 is 5.72. The van der Waals surface area contributed by atoms with Crippen LogP contribution in [0.5, 0.6) is 5.75 Å². The lowest BCUT2D eigenvalue weighted by atomic mass is 9.97. The highest BCUT2D eigenvalue weighted by Crippen LogP contribution is 2.25. The van der Waals surface area contributed by atoms with Crippen LogP contribution in [0, 0.1) is 0 Å². The van der Waals surface area contributed by atoms with Crippen molar-refractivity contribution in [2.75, 3.05) is 0 Å². The van der Waals surface area contributed by atoms with Crippen LogP contribution in [-0.4, -0.2) is 28.3 Å². The first-order chi connectivity index (χ1) is 9.08. The lowest BCUT2D eigenvalue weighted by Gasteiger charge is -2.23. The molecule has 0 radical (unpaired) electrons. The number of rotatable bonds is 4. The molecule has 1 aliphatic rings. The number of aromatic carboxylic acids is 2. The Morgan fingerprint density at radius 1 is 1.00 bits per heavy atom. The van der Waals surface area contributed by atoms with Gasteiger partial charge in [-0.1, -0.05) is 6.42 Å². The predicted molar refractivity (Wildman–Crippen MR) is 67.9 cm³/mol. The fourth-order valence-electron chi connectivity index (χ4n) is 2.34. The van der Waals surface area contributed by atoms with Crippen molar-refractivity contribution in [3.05, 3.63) is 29.3 Å². The lowest BCUT2D eigenvalue weighted by Crippen LogP contribution is -2.20. The number of carboxylic acids is 2. The van der Waals surface area contributed by atoms with Crippen LogP contribution < -0.4 is 4.74 Å². The Hall–Kier alpha value is -2.04. The SMILES string of the molecule is O=C(O)c1ccc(OC2CCCCC2)cc1C(=O)O. The number of carboxylic acid groups (broad SMARTS) is 2. The quantitative estimate of drug-likeness (QED) is 0.873. The van der Waals surface area contributed by atoms with Crippen LogP contribution in [0.15, 0.2) is 18.2 Å². The van der Waals surface area contributed by atoms with Crippen molar-refractivity contribution < 1.29 is 24.5 Å². The molecule has 0 bridgehead atoms. The molecule has 0 spiro atoms. The summed E-state index contributed by atoms with van der Waals surface area (Å²) in [6, 6.07) is 4.09. The molecule has 1 aromatic carbocycles. The maximum absolute atomic E-state index is 11.1. The van der Waals surface area contributed by atoms with Gasteiger partial charge in [-0.15, -0.1) is 0 Å². The molecular weight excluding hydrogens is 248 g/mol. The largest absolute Gasteiger partial charge is 0.490 e. The van der Waals surface area contributed by atoms with E-state index in [0.29, 0.717) is 5.75 Å². The Bertz CT molecular complexity index is 489. The van der Waals surface area contributed by atoms with Crippen LogP contribution in [0.2, 0.25) is 0 Å². The van der Waals surface area contributed by atoms with E-state index in [1.54, 1.807) is 0 Å². The summed E-state index contributed by atoms with van der Waals surface area (Å²) in [6.45, 7) is 0. The fraction of sp³-hybridized carbons (Fsp3) is 0.429. The lowest BCUT2D eigenvalue weighted by molar-refractivity contribution is 0.0650. The Morgan fingerprint density at radius 3 is 2.21 bits per heavy atom. The van der Waals surface area contributed by atoms with Gasteiger partial charge in [-0.3, -0.25) is 0 Å². The number of hydrogen-bond acceptors (Lipinski definition) is 3. The molecule has 1 aliphatic carbocycles. The maximum Gasteiger partial charge on any atom is 0.336 e. The van der Waals surface area contributed by atoms with Crippen LogP contribution in [0.25, 0.3) is 0 Å². The summed E-state index contributed by atoms with van der Waals surface area (Å²) in [4.78, 5) is 22.0.